The number of carbonyl (C=O) groups is 1. The van der Waals surface area contributed by atoms with Crippen LogP contribution < -0.4 is 0 Å². The Hall–Kier alpha value is -3.46. The summed E-state index contributed by atoms with van der Waals surface area (Å²) in [4.78, 5) is 21.1. The number of carbonyl (C=O) groups excluding carboxylic acids is 1. The van der Waals surface area contributed by atoms with E-state index in [-0.39, 0.29) is 39.2 Å². The van der Waals surface area contributed by atoms with E-state index in [4.69, 9.17) is 11.6 Å². The molecule has 0 radical (unpaired) electrons. The summed E-state index contributed by atoms with van der Waals surface area (Å²) in [6, 6.07) is 7.27. The van der Waals surface area contributed by atoms with E-state index in [1.165, 1.54) is 34.8 Å². The number of hydrogen-bond donors (Lipinski definition) is 0. The van der Waals surface area contributed by atoms with Crippen molar-refractivity contribution in [2.45, 2.75) is 62.7 Å². The number of ketones is 1. The number of sulfonamides is 1. The van der Waals surface area contributed by atoms with E-state index < -0.39 is 50.2 Å². The van der Waals surface area contributed by atoms with Crippen LogP contribution in [0.4, 0.5) is 17.6 Å². The van der Waals surface area contributed by atoms with Gasteiger partial charge in [0.15, 0.2) is 5.01 Å². The van der Waals surface area contributed by atoms with Crippen molar-refractivity contribution in [3.05, 3.63) is 92.7 Å². The number of benzene rings is 1. The molecular formula is C30H26ClF4N5O3S2. The van der Waals surface area contributed by atoms with Gasteiger partial charge in [-0.25, -0.2) is 27.5 Å². The lowest BCUT2D eigenvalue weighted by molar-refractivity contribution is -0.134. The fourth-order valence-electron chi connectivity index (χ4n) is 6.34. The second kappa shape index (κ2) is 11.4. The van der Waals surface area contributed by atoms with E-state index >= 15 is 0 Å². The molecule has 4 aromatic rings. The van der Waals surface area contributed by atoms with Crippen molar-refractivity contribution in [1.82, 2.24) is 24.1 Å². The molecule has 0 spiro atoms. The van der Waals surface area contributed by atoms with Crippen molar-refractivity contribution in [2.24, 2.45) is 5.41 Å². The first-order valence-electron chi connectivity index (χ1n) is 14.0. The molecule has 0 unspecified atom stereocenters. The predicted molar refractivity (Wildman–Crippen MR) is 160 cm³/mol. The molecule has 8 nitrogen and oxygen atoms in total. The van der Waals surface area contributed by atoms with E-state index in [0.29, 0.717) is 41.6 Å². The first-order valence-corrected chi connectivity index (χ1v) is 16.6. The van der Waals surface area contributed by atoms with Gasteiger partial charge in [-0.3, -0.25) is 4.79 Å². The van der Waals surface area contributed by atoms with Crippen molar-refractivity contribution < 1.29 is 30.8 Å². The molecule has 2 aliphatic carbocycles. The molecule has 0 amide bonds. The van der Waals surface area contributed by atoms with Gasteiger partial charge < -0.3 is 0 Å². The van der Waals surface area contributed by atoms with Crippen molar-refractivity contribution in [2.75, 3.05) is 0 Å². The van der Waals surface area contributed by atoms with Gasteiger partial charge in [0, 0.05) is 18.3 Å². The third-order valence-electron chi connectivity index (χ3n) is 8.26. The van der Waals surface area contributed by atoms with Crippen LogP contribution in [0.1, 0.15) is 59.0 Å². The number of pyridine rings is 1. The molecule has 45 heavy (non-hydrogen) atoms. The van der Waals surface area contributed by atoms with Crippen molar-refractivity contribution >= 4 is 44.8 Å². The molecule has 2 atom stereocenters. The van der Waals surface area contributed by atoms with Crippen molar-refractivity contribution in [3.8, 4) is 5.69 Å². The Kier molecular flexibility index (Phi) is 7.99. The molecule has 0 saturated heterocycles. The number of nitrogens with zero attached hydrogens (tertiary/aromatic N) is 5. The smallest absolute Gasteiger partial charge is 0.290 e. The van der Waals surface area contributed by atoms with Gasteiger partial charge in [-0.05, 0) is 87.6 Å². The standard InChI is InChI=1S/C30H26ClF4N5O3S2/c1-17(2)40(45(42,43)23-9-10-26(31)36-15-23)22-6-3-19-11-24-18(14-38-39(24)21-7-4-20(32)5-8-21)12-29(19,13-22)27(41)28-37-16-25(44-28)30(33,34)35/h4-5,7-11,14-17,22H,3,6,12-13H2,1-2H3/t22-,29-/m0/s1. The summed E-state index contributed by atoms with van der Waals surface area (Å²) < 4.78 is 85.1. The van der Waals surface area contributed by atoms with Gasteiger partial charge in [0.25, 0.3) is 0 Å². The second-order valence-corrected chi connectivity index (χ2v) is 14.6. The summed E-state index contributed by atoms with van der Waals surface area (Å²) in [6.45, 7) is 3.45. The topological polar surface area (TPSA) is 98.0 Å². The number of thiazole rings is 1. The molecule has 1 fully saturated rings. The maximum atomic E-state index is 14.4. The molecule has 3 aromatic heterocycles. The van der Waals surface area contributed by atoms with Crippen LogP contribution in [-0.2, 0) is 22.6 Å². The monoisotopic (exact) mass is 679 g/mol. The minimum absolute atomic E-state index is 0.0121. The Morgan fingerprint density at radius 2 is 1.84 bits per heavy atom. The van der Waals surface area contributed by atoms with E-state index in [2.05, 4.69) is 15.1 Å². The van der Waals surface area contributed by atoms with E-state index in [1.54, 1.807) is 42.9 Å². The summed E-state index contributed by atoms with van der Waals surface area (Å²) in [5.74, 6) is -1.02. The number of Topliss-reactive ketones (excluding diaryl/α,β-unsaturated/α-hetero) is 1. The number of allylic oxidation sites excluding steroid dienone is 1. The first kappa shape index (κ1) is 31.5. The zero-order chi connectivity index (χ0) is 32.3. The minimum atomic E-state index is -4.67. The maximum absolute atomic E-state index is 14.4. The van der Waals surface area contributed by atoms with Crippen LogP contribution in [0, 0.1) is 11.2 Å². The SMILES string of the molecule is CC(C)N([C@H]1CCC2=Cc3c(cnn3-c3ccc(F)cc3)C[C@]2(C(=O)c2ncc(C(F)(F)F)s2)C1)S(=O)(=O)c1ccc(Cl)nc1. The zero-order valence-electron chi connectivity index (χ0n) is 23.9. The Bertz CT molecular complexity index is 1900. The third-order valence-corrected chi connectivity index (χ3v) is 11.6. The van der Waals surface area contributed by atoms with Crippen LogP contribution in [0.3, 0.4) is 0 Å². The fraction of sp³-hybridized carbons (Fsp3) is 0.333. The normalized spacial score (nSPS) is 20.2. The molecule has 1 saturated carbocycles. The van der Waals surface area contributed by atoms with Crippen LogP contribution in [0.5, 0.6) is 0 Å². The number of halogens is 5. The molecular weight excluding hydrogens is 654 g/mol. The summed E-state index contributed by atoms with van der Waals surface area (Å²) in [5.41, 5.74) is 1.16. The highest BCUT2D eigenvalue weighted by molar-refractivity contribution is 7.89. The van der Waals surface area contributed by atoms with Gasteiger partial charge >= 0.3 is 6.18 Å². The lowest BCUT2D eigenvalue weighted by Gasteiger charge is -2.47. The van der Waals surface area contributed by atoms with Gasteiger partial charge in [0.2, 0.25) is 15.8 Å². The highest BCUT2D eigenvalue weighted by atomic mass is 35.5. The average Bonchev–Trinajstić information content (AvgIpc) is 3.64. The Labute approximate surface area is 265 Å². The van der Waals surface area contributed by atoms with Crippen molar-refractivity contribution in [3.63, 3.8) is 0 Å². The van der Waals surface area contributed by atoms with Crippen LogP contribution >= 0.6 is 22.9 Å². The molecule has 6 rings (SSSR count). The average molecular weight is 680 g/mol. The number of hydrogen-bond acceptors (Lipinski definition) is 7. The van der Waals surface area contributed by atoms with Gasteiger partial charge in [0.1, 0.15) is 20.7 Å². The van der Waals surface area contributed by atoms with Crippen LogP contribution in [0.2, 0.25) is 5.15 Å². The summed E-state index contributed by atoms with van der Waals surface area (Å²) in [5, 5.41) is 4.30. The predicted octanol–water partition coefficient (Wildman–Crippen LogP) is 7.00. The number of fused-ring (bicyclic) bond motifs is 2. The zero-order valence-corrected chi connectivity index (χ0v) is 26.3. The van der Waals surface area contributed by atoms with Crippen LogP contribution in [0.15, 0.2) is 65.5 Å². The first-order chi connectivity index (χ1) is 21.2. The molecule has 0 bridgehead atoms. The molecule has 1 aromatic carbocycles. The van der Waals surface area contributed by atoms with Gasteiger partial charge in [-0.2, -0.15) is 22.6 Å². The van der Waals surface area contributed by atoms with E-state index in [9.17, 15) is 30.8 Å². The van der Waals surface area contributed by atoms with E-state index in [0.717, 1.165) is 0 Å². The highest BCUT2D eigenvalue weighted by Crippen LogP contribution is 2.52. The van der Waals surface area contributed by atoms with Crippen LogP contribution in [-0.4, -0.2) is 50.3 Å². The molecule has 15 heteroatoms. The molecule has 236 valence electrons. The lowest BCUT2D eigenvalue weighted by atomic mass is 9.61. The van der Waals surface area contributed by atoms with E-state index in [1.807, 2.05) is 0 Å². The molecule has 0 aliphatic heterocycles. The lowest BCUT2D eigenvalue weighted by Crippen LogP contribution is -2.52. The number of alkyl halides is 3. The summed E-state index contributed by atoms with van der Waals surface area (Å²) >= 11 is 6.17. The maximum Gasteiger partial charge on any atom is 0.427 e. The highest BCUT2D eigenvalue weighted by Gasteiger charge is 2.53. The Balaban J connectivity index is 1.45. The van der Waals surface area contributed by atoms with Crippen LogP contribution in [0.25, 0.3) is 11.8 Å². The Morgan fingerprint density at radius 3 is 2.47 bits per heavy atom. The molecule has 3 heterocycles. The number of rotatable bonds is 7. The summed E-state index contributed by atoms with van der Waals surface area (Å²) in [7, 11) is -4.11. The molecule has 0 N–H and O–H groups in total. The summed E-state index contributed by atoms with van der Waals surface area (Å²) in [6.07, 6.45) is 1.25. The molecule has 2 aliphatic rings. The Morgan fingerprint density at radius 1 is 1.11 bits per heavy atom. The third kappa shape index (κ3) is 5.62. The largest absolute Gasteiger partial charge is 0.427 e. The van der Waals surface area contributed by atoms with Gasteiger partial charge in [-0.1, -0.05) is 17.2 Å². The quantitative estimate of drug-likeness (QED) is 0.119. The van der Waals surface area contributed by atoms with Crippen molar-refractivity contribution in [1.29, 1.82) is 0 Å². The van der Waals surface area contributed by atoms with Gasteiger partial charge in [0.05, 0.1) is 29.2 Å². The van der Waals surface area contributed by atoms with Gasteiger partial charge in [-0.15, -0.1) is 11.3 Å². The minimum Gasteiger partial charge on any atom is -0.290 e. The number of aromatic nitrogens is 4. The second-order valence-electron chi connectivity index (χ2n) is 11.4. The fourth-order valence-corrected chi connectivity index (χ4v) is 9.07.